The minimum atomic E-state index is 0.261. The first-order chi connectivity index (χ1) is 10.7. The fraction of sp³-hybridized carbons (Fsp3) is 0.950. The lowest BCUT2D eigenvalue weighted by Gasteiger charge is -2.27. The number of hydrogen-bond acceptors (Lipinski definition) is 1. The van der Waals surface area contributed by atoms with Gasteiger partial charge in [0.25, 0.3) is 0 Å². The van der Waals surface area contributed by atoms with E-state index >= 15 is 0 Å². The number of amides is 1. The van der Waals surface area contributed by atoms with Crippen LogP contribution in [0.15, 0.2) is 0 Å². The van der Waals surface area contributed by atoms with Crippen LogP contribution in [0.5, 0.6) is 0 Å². The van der Waals surface area contributed by atoms with E-state index in [9.17, 15) is 4.79 Å². The topological polar surface area (TPSA) is 20.3 Å². The van der Waals surface area contributed by atoms with Crippen LogP contribution in [0.4, 0.5) is 0 Å². The summed E-state index contributed by atoms with van der Waals surface area (Å²) >= 11 is 0. The SMILES string of the molecule is CCCCCCN(CCCCCC)C(=O)C(CC)CCCC. The summed E-state index contributed by atoms with van der Waals surface area (Å²) in [6.07, 6.45) is 14.5. The molecule has 0 aliphatic rings. The summed E-state index contributed by atoms with van der Waals surface area (Å²) in [5, 5.41) is 0. The Morgan fingerprint density at radius 2 is 1.23 bits per heavy atom. The number of carbonyl (C=O) groups is 1. The third-order valence-corrected chi connectivity index (χ3v) is 4.62. The summed E-state index contributed by atoms with van der Waals surface area (Å²) < 4.78 is 0. The number of carbonyl (C=O) groups excluding carboxylic acids is 1. The summed E-state index contributed by atoms with van der Waals surface area (Å²) in [6, 6.07) is 0. The van der Waals surface area contributed by atoms with Gasteiger partial charge in [0, 0.05) is 19.0 Å². The zero-order valence-corrected chi connectivity index (χ0v) is 15.8. The smallest absolute Gasteiger partial charge is 0.225 e. The van der Waals surface area contributed by atoms with Crippen LogP contribution in [0, 0.1) is 5.92 Å². The van der Waals surface area contributed by atoms with Crippen molar-refractivity contribution in [3.05, 3.63) is 0 Å². The Hall–Kier alpha value is -0.530. The lowest BCUT2D eigenvalue weighted by molar-refractivity contribution is -0.136. The molecule has 0 aliphatic carbocycles. The van der Waals surface area contributed by atoms with E-state index in [-0.39, 0.29) is 5.92 Å². The Bertz CT molecular complexity index is 240. The summed E-state index contributed by atoms with van der Waals surface area (Å²) in [5.74, 6) is 0.696. The van der Waals surface area contributed by atoms with Crippen LogP contribution in [0.2, 0.25) is 0 Å². The molecule has 0 aliphatic heterocycles. The molecule has 0 saturated carbocycles. The van der Waals surface area contributed by atoms with Gasteiger partial charge in [-0.3, -0.25) is 4.79 Å². The number of unbranched alkanes of at least 4 members (excludes halogenated alkanes) is 7. The van der Waals surface area contributed by atoms with Crippen molar-refractivity contribution in [1.29, 1.82) is 0 Å². The van der Waals surface area contributed by atoms with Crippen molar-refractivity contribution in [3.63, 3.8) is 0 Å². The molecule has 0 N–H and O–H groups in total. The van der Waals surface area contributed by atoms with Gasteiger partial charge in [0.05, 0.1) is 0 Å². The highest BCUT2D eigenvalue weighted by Crippen LogP contribution is 2.17. The average molecular weight is 312 g/mol. The molecule has 0 saturated heterocycles. The van der Waals surface area contributed by atoms with Gasteiger partial charge in [-0.25, -0.2) is 0 Å². The largest absolute Gasteiger partial charge is 0.342 e. The molecule has 1 atom stereocenters. The molecule has 0 fully saturated rings. The summed E-state index contributed by atoms with van der Waals surface area (Å²) in [7, 11) is 0. The van der Waals surface area contributed by atoms with E-state index in [1.54, 1.807) is 0 Å². The number of rotatable bonds is 15. The molecule has 2 nitrogen and oxygen atoms in total. The summed E-state index contributed by atoms with van der Waals surface area (Å²) in [6.45, 7) is 10.8. The van der Waals surface area contributed by atoms with Crippen LogP contribution in [0.25, 0.3) is 0 Å². The van der Waals surface area contributed by atoms with Crippen molar-refractivity contribution in [1.82, 2.24) is 4.90 Å². The van der Waals surface area contributed by atoms with Gasteiger partial charge in [0.15, 0.2) is 0 Å². The van der Waals surface area contributed by atoms with Crippen LogP contribution in [-0.4, -0.2) is 23.9 Å². The lowest BCUT2D eigenvalue weighted by Crippen LogP contribution is -2.37. The van der Waals surface area contributed by atoms with Crippen molar-refractivity contribution in [2.45, 2.75) is 105 Å². The van der Waals surface area contributed by atoms with Crippen LogP contribution in [-0.2, 0) is 4.79 Å². The maximum absolute atomic E-state index is 12.8. The molecule has 0 aromatic rings. The highest BCUT2D eigenvalue weighted by molar-refractivity contribution is 5.78. The van der Waals surface area contributed by atoms with E-state index in [4.69, 9.17) is 0 Å². The Kier molecular flexibility index (Phi) is 15.0. The Balaban J connectivity index is 4.39. The van der Waals surface area contributed by atoms with Gasteiger partial charge < -0.3 is 4.90 Å². The van der Waals surface area contributed by atoms with Crippen LogP contribution >= 0.6 is 0 Å². The highest BCUT2D eigenvalue weighted by Gasteiger charge is 2.21. The van der Waals surface area contributed by atoms with E-state index in [2.05, 4.69) is 32.6 Å². The van der Waals surface area contributed by atoms with Crippen molar-refractivity contribution in [2.75, 3.05) is 13.1 Å². The molecular weight excluding hydrogens is 270 g/mol. The predicted octanol–water partition coefficient (Wildman–Crippen LogP) is 6.19. The fourth-order valence-electron chi connectivity index (χ4n) is 3.00. The minimum absolute atomic E-state index is 0.261. The molecule has 0 bridgehead atoms. The first kappa shape index (κ1) is 21.5. The number of hydrogen-bond donors (Lipinski definition) is 0. The van der Waals surface area contributed by atoms with E-state index in [1.165, 1.54) is 64.2 Å². The first-order valence-corrected chi connectivity index (χ1v) is 9.99. The quantitative estimate of drug-likeness (QED) is 0.330. The van der Waals surface area contributed by atoms with E-state index in [1.807, 2.05) is 0 Å². The van der Waals surface area contributed by atoms with Crippen molar-refractivity contribution < 1.29 is 4.79 Å². The first-order valence-electron chi connectivity index (χ1n) is 9.99. The lowest BCUT2D eigenvalue weighted by atomic mass is 9.97. The zero-order chi connectivity index (χ0) is 16.6. The standard InChI is InChI=1S/C20H41NO/c1-5-9-12-14-17-21(18-15-13-10-6-2)20(22)19(8-4)16-11-7-3/h19H,5-18H2,1-4H3. The molecule has 0 spiro atoms. The van der Waals surface area contributed by atoms with Crippen molar-refractivity contribution >= 4 is 5.91 Å². The van der Waals surface area contributed by atoms with Crippen LogP contribution < -0.4 is 0 Å². The molecule has 0 radical (unpaired) electrons. The van der Waals surface area contributed by atoms with Crippen molar-refractivity contribution in [2.24, 2.45) is 5.92 Å². The van der Waals surface area contributed by atoms with Crippen LogP contribution in [0.1, 0.15) is 105 Å². The second-order valence-corrected chi connectivity index (χ2v) is 6.69. The summed E-state index contributed by atoms with van der Waals surface area (Å²) in [4.78, 5) is 15.0. The maximum atomic E-state index is 12.8. The molecule has 2 heteroatoms. The van der Waals surface area contributed by atoms with E-state index < -0.39 is 0 Å². The third-order valence-electron chi connectivity index (χ3n) is 4.62. The Morgan fingerprint density at radius 3 is 1.64 bits per heavy atom. The normalized spacial score (nSPS) is 12.4. The van der Waals surface area contributed by atoms with Gasteiger partial charge in [-0.15, -0.1) is 0 Å². The second kappa shape index (κ2) is 15.4. The molecule has 0 aromatic carbocycles. The van der Waals surface area contributed by atoms with Gasteiger partial charge in [0.2, 0.25) is 5.91 Å². The van der Waals surface area contributed by atoms with Crippen molar-refractivity contribution in [3.8, 4) is 0 Å². The molecule has 0 rings (SSSR count). The maximum Gasteiger partial charge on any atom is 0.225 e. The zero-order valence-electron chi connectivity index (χ0n) is 15.8. The number of nitrogens with zero attached hydrogens (tertiary/aromatic N) is 1. The Morgan fingerprint density at radius 1 is 0.727 bits per heavy atom. The molecule has 1 unspecified atom stereocenters. The van der Waals surface area contributed by atoms with Gasteiger partial charge in [-0.1, -0.05) is 79.1 Å². The highest BCUT2D eigenvalue weighted by atomic mass is 16.2. The predicted molar refractivity (Wildman–Crippen MR) is 98.2 cm³/mol. The molecule has 0 heterocycles. The van der Waals surface area contributed by atoms with E-state index in [0.717, 1.165) is 25.9 Å². The van der Waals surface area contributed by atoms with Gasteiger partial charge in [-0.2, -0.15) is 0 Å². The average Bonchev–Trinajstić information content (AvgIpc) is 2.53. The molecule has 22 heavy (non-hydrogen) atoms. The molecular formula is C20H41NO. The fourth-order valence-corrected chi connectivity index (χ4v) is 3.00. The second-order valence-electron chi connectivity index (χ2n) is 6.69. The molecule has 1 amide bonds. The van der Waals surface area contributed by atoms with E-state index in [0.29, 0.717) is 5.91 Å². The van der Waals surface area contributed by atoms with Gasteiger partial charge in [-0.05, 0) is 25.7 Å². The third kappa shape index (κ3) is 10.2. The monoisotopic (exact) mass is 311 g/mol. The van der Waals surface area contributed by atoms with Gasteiger partial charge >= 0.3 is 0 Å². The molecule has 132 valence electrons. The molecule has 0 aromatic heterocycles. The van der Waals surface area contributed by atoms with Gasteiger partial charge in [0.1, 0.15) is 0 Å². The summed E-state index contributed by atoms with van der Waals surface area (Å²) in [5.41, 5.74) is 0. The Labute approximate surface area is 140 Å². The van der Waals surface area contributed by atoms with Crippen LogP contribution in [0.3, 0.4) is 0 Å². The minimum Gasteiger partial charge on any atom is -0.342 e.